The number of nitrogens with zero attached hydrogens (tertiary/aromatic N) is 4. The standard InChI is InChI=1S/C21H29N5O2S/c1-3-26-18(14-25-13-9-5-8-12-20(25)28)23-24-21(26)29-15-19(27)22-16(2)17-10-6-4-7-11-17/h4,6-7,10-11,16H,3,5,8-9,12-15H2,1-2H3,(H,22,27). The lowest BCUT2D eigenvalue weighted by Crippen LogP contribution is -2.31. The second-order valence-corrected chi connectivity index (χ2v) is 8.20. The lowest BCUT2D eigenvalue weighted by Gasteiger charge is -2.20. The number of nitrogens with one attached hydrogen (secondary N) is 1. The first-order chi connectivity index (χ1) is 14.1. The zero-order chi connectivity index (χ0) is 20.6. The fourth-order valence-electron chi connectivity index (χ4n) is 3.48. The fraction of sp³-hybridized carbons (Fsp3) is 0.524. The average Bonchev–Trinajstić information content (AvgIpc) is 3.01. The van der Waals surface area contributed by atoms with Gasteiger partial charge in [0.2, 0.25) is 11.8 Å². The number of aromatic nitrogens is 3. The minimum Gasteiger partial charge on any atom is -0.349 e. The van der Waals surface area contributed by atoms with Crippen LogP contribution in [0, 0.1) is 0 Å². The first-order valence-electron chi connectivity index (χ1n) is 10.3. The van der Waals surface area contributed by atoms with Crippen LogP contribution in [0.15, 0.2) is 35.5 Å². The molecule has 1 aromatic carbocycles. The van der Waals surface area contributed by atoms with Gasteiger partial charge in [-0.05, 0) is 32.3 Å². The SMILES string of the molecule is CCn1c(CN2CCCCCC2=O)nnc1SCC(=O)NC(C)c1ccccc1. The van der Waals surface area contributed by atoms with Crippen molar-refractivity contribution in [3.05, 3.63) is 41.7 Å². The van der Waals surface area contributed by atoms with Crippen molar-refractivity contribution in [1.82, 2.24) is 25.0 Å². The molecule has 1 aliphatic heterocycles. The molecule has 0 bridgehead atoms. The Hall–Kier alpha value is -2.35. The smallest absolute Gasteiger partial charge is 0.230 e. The van der Waals surface area contributed by atoms with Crippen LogP contribution < -0.4 is 5.32 Å². The van der Waals surface area contributed by atoms with E-state index in [-0.39, 0.29) is 23.6 Å². The van der Waals surface area contributed by atoms with E-state index in [9.17, 15) is 9.59 Å². The van der Waals surface area contributed by atoms with E-state index in [1.165, 1.54) is 11.8 Å². The maximum atomic E-state index is 12.4. The van der Waals surface area contributed by atoms with E-state index in [2.05, 4.69) is 15.5 Å². The molecule has 2 heterocycles. The molecule has 8 heteroatoms. The number of rotatable bonds is 8. The van der Waals surface area contributed by atoms with Crippen LogP contribution in [0.3, 0.4) is 0 Å². The van der Waals surface area contributed by atoms with E-state index in [0.29, 0.717) is 24.7 Å². The van der Waals surface area contributed by atoms with Crippen molar-refractivity contribution in [2.24, 2.45) is 0 Å². The molecule has 0 saturated carbocycles. The maximum absolute atomic E-state index is 12.4. The summed E-state index contributed by atoms with van der Waals surface area (Å²) in [6.07, 6.45) is 3.71. The Morgan fingerprint density at radius 3 is 2.76 bits per heavy atom. The quantitative estimate of drug-likeness (QED) is 0.670. The van der Waals surface area contributed by atoms with Crippen molar-refractivity contribution in [2.75, 3.05) is 12.3 Å². The van der Waals surface area contributed by atoms with Crippen LogP contribution in [-0.2, 0) is 22.7 Å². The number of likely N-dealkylation sites (tertiary alicyclic amines) is 1. The van der Waals surface area contributed by atoms with E-state index in [4.69, 9.17) is 0 Å². The summed E-state index contributed by atoms with van der Waals surface area (Å²) in [5, 5.41) is 12.3. The summed E-state index contributed by atoms with van der Waals surface area (Å²) in [7, 11) is 0. The predicted molar refractivity (Wildman–Crippen MR) is 113 cm³/mol. The number of amides is 2. The van der Waals surface area contributed by atoms with Gasteiger partial charge in [0.1, 0.15) is 0 Å². The zero-order valence-corrected chi connectivity index (χ0v) is 18.0. The Morgan fingerprint density at radius 2 is 2.00 bits per heavy atom. The molecular formula is C21H29N5O2S. The Kier molecular flexibility index (Phi) is 7.69. The second-order valence-electron chi connectivity index (χ2n) is 7.26. The first kappa shape index (κ1) is 21.4. The third-order valence-electron chi connectivity index (χ3n) is 5.12. The van der Waals surface area contributed by atoms with Crippen LogP contribution in [0.25, 0.3) is 0 Å². The van der Waals surface area contributed by atoms with Gasteiger partial charge in [0.05, 0.1) is 18.3 Å². The molecule has 1 aliphatic rings. The van der Waals surface area contributed by atoms with Crippen molar-refractivity contribution < 1.29 is 9.59 Å². The highest BCUT2D eigenvalue weighted by molar-refractivity contribution is 7.99. The molecule has 1 saturated heterocycles. The predicted octanol–water partition coefficient (Wildman–Crippen LogP) is 3.17. The minimum absolute atomic E-state index is 0.0405. The third kappa shape index (κ3) is 5.82. The molecule has 2 amide bonds. The summed E-state index contributed by atoms with van der Waals surface area (Å²) in [4.78, 5) is 26.5. The van der Waals surface area contributed by atoms with Gasteiger partial charge >= 0.3 is 0 Å². The molecule has 1 N–H and O–H groups in total. The number of benzene rings is 1. The molecule has 7 nitrogen and oxygen atoms in total. The summed E-state index contributed by atoms with van der Waals surface area (Å²) in [5.41, 5.74) is 1.08. The van der Waals surface area contributed by atoms with Gasteiger partial charge < -0.3 is 14.8 Å². The Morgan fingerprint density at radius 1 is 1.21 bits per heavy atom. The Labute approximate surface area is 176 Å². The molecule has 0 radical (unpaired) electrons. The molecule has 3 rings (SSSR count). The van der Waals surface area contributed by atoms with Crippen molar-refractivity contribution in [3.8, 4) is 0 Å². The molecule has 2 aromatic rings. The van der Waals surface area contributed by atoms with Gasteiger partial charge in [0.15, 0.2) is 11.0 Å². The van der Waals surface area contributed by atoms with Crippen molar-refractivity contribution in [2.45, 2.75) is 63.8 Å². The van der Waals surface area contributed by atoms with Crippen LogP contribution in [0.1, 0.15) is 57.0 Å². The summed E-state index contributed by atoms with van der Waals surface area (Å²) in [6.45, 7) is 5.96. The molecular weight excluding hydrogens is 386 g/mol. The van der Waals surface area contributed by atoms with Crippen molar-refractivity contribution in [3.63, 3.8) is 0 Å². The highest BCUT2D eigenvalue weighted by atomic mass is 32.2. The van der Waals surface area contributed by atoms with E-state index in [0.717, 1.165) is 37.2 Å². The molecule has 0 spiro atoms. The zero-order valence-electron chi connectivity index (χ0n) is 17.1. The van der Waals surface area contributed by atoms with Crippen LogP contribution in [0.4, 0.5) is 0 Å². The van der Waals surface area contributed by atoms with Gasteiger partial charge in [-0.15, -0.1) is 10.2 Å². The highest BCUT2D eigenvalue weighted by Crippen LogP contribution is 2.20. The Balaban J connectivity index is 1.57. The third-order valence-corrected chi connectivity index (χ3v) is 6.09. The fourth-order valence-corrected chi connectivity index (χ4v) is 4.31. The van der Waals surface area contributed by atoms with Crippen molar-refractivity contribution in [1.29, 1.82) is 0 Å². The van der Waals surface area contributed by atoms with Crippen LogP contribution in [-0.4, -0.2) is 43.8 Å². The van der Waals surface area contributed by atoms with E-state index in [1.54, 1.807) is 0 Å². The van der Waals surface area contributed by atoms with Crippen LogP contribution in [0.5, 0.6) is 0 Å². The number of thioether (sulfide) groups is 1. The highest BCUT2D eigenvalue weighted by Gasteiger charge is 2.21. The second kappa shape index (κ2) is 10.4. The first-order valence-corrected chi connectivity index (χ1v) is 11.2. The van der Waals surface area contributed by atoms with Gasteiger partial charge in [-0.25, -0.2) is 0 Å². The van der Waals surface area contributed by atoms with Crippen LogP contribution in [0.2, 0.25) is 0 Å². The largest absolute Gasteiger partial charge is 0.349 e. The molecule has 1 unspecified atom stereocenters. The molecule has 29 heavy (non-hydrogen) atoms. The number of carbonyl (C=O) groups is 2. The molecule has 1 atom stereocenters. The average molecular weight is 416 g/mol. The van der Waals surface area contributed by atoms with Crippen molar-refractivity contribution >= 4 is 23.6 Å². The Bertz CT molecular complexity index is 824. The van der Waals surface area contributed by atoms with Crippen LogP contribution >= 0.6 is 11.8 Å². The van der Waals surface area contributed by atoms with Gasteiger partial charge in [-0.2, -0.15) is 0 Å². The van der Waals surface area contributed by atoms with E-state index >= 15 is 0 Å². The van der Waals surface area contributed by atoms with E-state index in [1.807, 2.05) is 53.6 Å². The lowest BCUT2D eigenvalue weighted by atomic mass is 10.1. The molecule has 1 aromatic heterocycles. The molecule has 0 aliphatic carbocycles. The maximum Gasteiger partial charge on any atom is 0.230 e. The number of carbonyl (C=O) groups excluding carboxylic acids is 2. The molecule has 1 fully saturated rings. The topological polar surface area (TPSA) is 80.1 Å². The summed E-state index contributed by atoms with van der Waals surface area (Å²) < 4.78 is 2.00. The van der Waals surface area contributed by atoms with Gasteiger partial charge in [-0.1, -0.05) is 48.5 Å². The summed E-state index contributed by atoms with van der Waals surface area (Å²) in [6, 6.07) is 9.85. The van der Waals surface area contributed by atoms with Gasteiger partial charge in [0.25, 0.3) is 0 Å². The normalized spacial score (nSPS) is 15.8. The lowest BCUT2D eigenvalue weighted by molar-refractivity contribution is -0.131. The minimum atomic E-state index is -0.0436. The molecule has 156 valence electrons. The monoisotopic (exact) mass is 415 g/mol. The van der Waals surface area contributed by atoms with E-state index < -0.39 is 0 Å². The van der Waals surface area contributed by atoms with Gasteiger partial charge in [-0.3, -0.25) is 9.59 Å². The summed E-state index contributed by atoms with van der Waals surface area (Å²) >= 11 is 1.38. The van der Waals surface area contributed by atoms with Gasteiger partial charge in [0, 0.05) is 19.5 Å². The number of hydrogen-bond donors (Lipinski definition) is 1. The number of hydrogen-bond acceptors (Lipinski definition) is 5. The summed E-state index contributed by atoms with van der Waals surface area (Å²) in [5.74, 6) is 1.21.